The van der Waals surface area contributed by atoms with Crippen LogP contribution < -0.4 is 0 Å². The third-order valence-electron chi connectivity index (χ3n) is 2.88. The molecule has 2 rings (SSSR count). The normalized spacial score (nSPS) is 26.0. The van der Waals surface area contributed by atoms with E-state index < -0.39 is 0 Å². The molecule has 0 aromatic rings. The molecule has 114 valence electrons. The molecule has 20 heavy (non-hydrogen) atoms. The van der Waals surface area contributed by atoms with Gasteiger partial charge in [0.25, 0.3) is 0 Å². The molecule has 2 unspecified atom stereocenters. The maximum absolute atomic E-state index is 2.37. The van der Waals surface area contributed by atoms with Gasteiger partial charge < -0.3 is 0 Å². The molecule has 0 saturated carbocycles. The first-order valence-electron chi connectivity index (χ1n) is 7.02. The van der Waals surface area contributed by atoms with Gasteiger partial charge in [-0.1, -0.05) is 0 Å². The molecule has 0 amide bonds. The van der Waals surface area contributed by atoms with E-state index in [1.807, 2.05) is 23.5 Å². The molecular weight excluding hydrogens is 454 g/mol. The van der Waals surface area contributed by atoms with Crippen molar-refractivity contribution in [2.24, 2.45) is 0 Å². The van der Waals surface area contributed by atoms with Gasteiger partial charge in [0, 0.05) is 0 Å². The molecule has 2 heterocycles. The third-order valence-corrected chi connectivity index (χ3v) is 14.3. The molecule has 6 heteroatoms. The van der Waals surface area contributed by atoms with E-state index in [9.17, 15) is 0 Å². The van der Waals surface area contributed by atoms with Crippen LogP contribution in [0.2, 0.25) is 10.6 Å². The molecule has 0 aliphatic carbocycles. The fourth-order valence-electron chi connectivity index (χ4n) is 1.83. The second-order valence-electron chi connectivity index (χ2n) is 4.50. The molecule has 2 aliphatic rings. The van der Waals surface area contributed by atoms with Crippen LogP contribution in [0.4, 0.5) is 0 Å². The Hall–Kier alpha value is 1.92. The van der Waals surface area contributed by atoms with Gasteiger partial charge in [0.2, 0.25) is 0 Å². The van der Waals surface area contributed by atoms with Crippen molar-refractivity contribution in [1.82, 2.24) is 0 Å². The van der Waals surface area contributed by atoms with Crippen molar-refractivity contribution in [3.8, 4) is 0 Å². The number of unbranched alkanes of at least 4 members (excludes halogenated alkanes) is 3. The number of rotatable bonds is 9. The van der Waals surface area contributed by atoms with E-state index >= 15 is 0 Å². The number of hydrogen-bond donors (Lipinski definition) is 0. The molecule has 0 aromatic heterocycles. The van der Waals surface area contributed by atoms with Gasteiger partial charge in [0.1, 0.15) is 0 Å². The fourth-order valence-corrected chi connectivity index (χ4v) is 12.4. The van der Waals surface area contributed by atoms with E-state index in [0.29, 0.717) is 0 Å². The summed E-state index contributed by atoms with van der Waals surface area (Å²) in [4.78, 5) is 4.74. The first kappa shape index (κ1) is 18.3. The second kappa shape index (κ2) is 12.4. The minimum atomic E-state index is 0.785. The summed E-state index contributed by atoms with van der Waals surface area (Å²) < 4.78 is 1.74. The summed E-state index contributed by atoms with van der Waals surface area (Å²) in [5, 5.41) is 7.51. The van der Waals surface area contributed by atoms with Gasteiger partial charge in [0.05, 0.1) is 0 Å². The van der Waals surface area contributed by atoms with Crippen molar-refractivity contribution in [3.63, 3.8) is 0 Å². The van der Waals surface area contributed by atoms with E-state index in [1.54, 1.807) is 0 Å². The molecule has 2 atom stereocenters. The predicted octanol–water partition coefficient (Wildman–Crippen LogP) is 5.35. The fraction of sp³-hybridized carbons (Fsp3) is 0.714. The molecule has 0 saturated heterocycles. The molecule has 0 nitrogen and oxygen atoms in total. The van der Waals surface area contributed by atoms with Crippen LogP contribution in [-0.4, -0.2) is 50.6 Å². The van der Waals surface area contributed by atoms with Crippen molar-refractivity contribution in [2.45, 2.75) is 45.5 Å². The van der Waals surface area contributed by atoms with E-state index in [-0.39, 0.29) is 0 Å². The van der Waals surface area contributed by atoms with Gasteiger partial charge in [-0.2, -0.15) is 0 Å². The summed E-state index contributed by atoms with van der Waals surface area (Å²) >= 11 is 10.0. The molecule has 0 radical (unpaired) electrons. The van der Waals surface area contributed by atoms with Gasteiger partial charge in [-0.15, -0.1) is 0 Å². The summed E-state index contributed by atoms with van der Waals surface area (Å²) in [5.41, 5.74) is 0. The molecule has 2 aliphatic heterocycles. The quantitative estimate of drug-likeness (QED) is 0.325. The van der Waals surface area contributed by atoms with E-state index in [4.69, 9.17) is 0 Å². The van der Waals surface area contributed by atoms with Gasteiger partial charge in [-0.3, -0.25) is 0 Å². The summed E-state index contributed by atoms with van der Waals surface area (Å²) in [6.07, 6.45) is 5.72. The Balaban J connectivity index is 1.35. The zero-order valence-electron chi connectivity index (χ0n) is 11.6. The number of hydrogen-bond acceptors (Lipinski definition) is 4. The Morgan fingerprint density at radius 1 is 0.800 bits per heavy atom. The van der Waals surface area contributed by atoms with Crippen molar-refractivity contribution in [2.75, 3.05) is 11.5 Å². The molecule has 0 spiro atoms. The van der Waals surface area contributed by atoms with Crippen molar-refractivity contribution < 1.29 is 0 Å². The van der Waals surface area contributed by atoms with Crippen LogP contribution in [0.25, 0.3) is 0 Å². The summed E-state index contributed by atoms with van der Waals surface area (Å²) in [5.74, 6) is 2.75. The SMILES string of the molecule is C1=C[Se]CC(SCCCCCCSC2C[Se]C=CS2)S1. The Labute approximate surface area is 153 Å². The Morgan fingerprint density at radius 2 is 1.30 bits per heavy atom. The van der Waals surface area contributed by atoms with Gasteiger partial charge in [-0.25, -0.2) is 0 Å². The number of thioether (sulfide) groups is 4. The van der Waals surface area contributed by atoms with Gasteiger partial charge in [-0.05, 0) is 0 Å². The third kappa shape index (κ3) is 8.53. The van der Waals surface area contributed by atoms with Crippen molar-refractivity contribution >= 4 is 77.0 Å². The van der Waals surface area contributed by atoms with E-state index in [0.717, 1.165) is 39.1 Å². The minimum absolute atomic E-state index is 0.785. The van der Waals surface area contributed by atoms with E-state index in [1.165, 1.54) is 47.8 Å². The average Bonchev–Trinajstić information content (AvgIpc) is 2.52. The molecule has 0 fully saturated rings. The first-order chi connectivity index (χ1) is 9.95. The predicted molar refractivity (Wildman–Crippen MR) is 106 cm³/mol. The van der Waals surface area contributed by atoms with Crippen LogP contribution in [0.5, 0.6) is 0 Å². The van der Waals surface area contributed by atoms with Crippen LogP contribution in [0.15, 0.2) is 20.8 Å². The molecular formula is C14H22S4Se2. The molecule has 0 bridgehead atoms. The Kier molecular flexibility index (Phi) is 11.3. The van der Waals surface area contributed by atoms with Crippen LogP contribution >= 0.6 is 47.0 Å². The van der Waals surface area contributed by atoms with Gasteiger partial charge >= 0.3 is 155 Å². The van der Waals surface area contributed by atoms with Crippen LogP contribution in [0.3, 0.4) is 0 Å². The Morgan fingerprint density at radius 3 is 1.70 bits per heavy atom. The van der Waals surface area contributed by atoms with Crippen LogP contribution in [0, 0.1) is 0 Å². The summed E-state index contributed by atoms with van der Waals surface area (Å²) in [7, 11) is 0. The zero-order valence-corrected chi connectivity index (χ0v) is 18.3. The molecule has 0 N–H and O–H groups in total. The maximum atomic E-state index is 2.37. The van der Waals surface area contributed by atoms with Crippen molar-refractivity contribution in [3.05, 3.63) is 20.8 Å². The zero-order chi connectivity index (χ0) is 13.9. The van der Waals surface area contributed by atoms with E-state index in [2.05, 4.69) is 44.3 Å². The van der Waals surface area contributed by atoms with Crippen LogP contribution in [0.1, 0.15) is 25.7 Å². The van der Waals surface area contributed by atoms with Crippen molar-refractivity contribution in [1.29, 1.82) is 0 Å². The summed E-state index contributed by atoms with van der Waals surface area (Å²) in [6, 6.07) is 0. The van der Waals surface area contributed by atoms with Crippen LogP contribution in [-0.2, 0) is 0 Å². The first-order valence-corrected chi connectivity index (χ1v) is 15.4. The standard InChI is InChI=1S/C14H22S4Se2/c1(3-5-15-13-11-19-9-7-17-13)2-4-6-16-14-12-20-10-8-18-14/h7-10,13-14H,1-6,11-12H2. The Bertz CT molecular complexity index is 280. The van der Waals surface area contributed by atoms with Gasteiger partial charge in [0.15, 0.2) is 0 Å². The topological polar surface area (TPSA) is 0 Å². The molecule has 0 aromatic carbocycles. The monoisotopic (exact) mass is 478 g/mol. The second-order valence-corrected chi connectivity index (χ2v) is 13.9. The summed E-state index contributed by atoms with van der Waals surface area (Å²) in [6.45, 7) is 0. The average molecular weight is 477 g/mol.